The van der Waals surface area contributed by atoms with E-state index in [0.29, 0.717) is 27.9 Å². The molecule has 2 N–H and O–H groups in total. The Labute approximate surface area is 188 Å². The first-order chi connectivity index (χ1) is 14.4. The molecule has 0 unspecified atom stereocenters. The highest BCUT2D eigenvalue weighted by molar-refractivity contribution is 7.92. The van der Waals surface area contributed by atoms with Crippen LogP contribution in [-0.4, -0.2) is 34.9 Å². The first-order valence-electron chi connectivity index (χ1n) is 9.89. The lowest BCUT2D eigenvalue weighted by molar-refractivity contribution is 0.238. The number of aliphatic hydroxyl groups is 1. The first kappa shape index (κ1) is 23.2. The summed E-state index contributed by atoms with van der Waals surface area (Å²) in [6.45, 7) is 9.69. The minimum absolute atomic E-state index is 0.0790. The fraction of sp³-hybridized carbons (Fsp3) is 0.364. The second kappa shape index (κ2) is 8.61. The highest BCUT2D eigenvalue weighted by Gasteiger charge is 2.23. The molecule has 3 aromatic rings. The molecule has 31 heavy (non-hydrogen) atoms. The molecule has 1 heterocycles. The van der Waals surface area contributed by atoms with Crippen LogP contribution in [0, 0.1) is 6.92 Å². The van der Waals surface area contributed by atoms with Crippen molar-refractivity contribution in [2.75, 3.05) is 11.3 Å². The van der Waals surface area contributed by atoms with Crippen molar-refractivity contribution in [2.24, 2.45) is 0 Å². The summed E-state index contributed by atoms with van der Waals surface area (Å²) in [7, 11) is -3.85. The Hall–Kier alpha value is -2.42. The fourth-order valence-electron chi connectivity index (χ4n) is 3.29. The highest BCUT2D eigenvalue weighted by Crippen LogP contribution is 2.33. The van der Waals surface area contributed by atoms with Gasteiger partial charge in [-0.05, 0) is 55.2 Å². The van der Waals surface area contributed by atoms with Crippen LogP contribution >= 0.6 is 11.6 Å². The molecule has 0 radical (unpaired) electrons. The van der Waals surface area contributed by atoms with E-state index in [2.05, 4.69) is 35.7 Å². The molecule has 7 nitrogen and oxygen atoms in total. The van der Waals surface area contributed by atoms with Crippen molar-refractivity contribution in [3.8, 4) is 11.4 Å². The van der Waals surface area contributed by atoms with Gasteiger partial charge in [0.15, 0.2) is 5.82 Å². The number of nitrogens with zero attached hydrogens (tertiary/aromatic N) is 3. The van der Waals surface area contributed by atoms with Crippen LogP contribution in [0.4, 0.5) is 5.69 Å². The zero-order valence-electron chi connectivity index (χ0n) is 18.2. The van der Waals surface area contributed by atoms with Crippen LogP contribution in [0.1, 0.15) is 45.1 Å². The van der Waals surface area contributed by atoms with Gasteiger partial charge in [-0.25, -0.2) is 8.42 Å². The average Bonchev–Trinajstić information content (AvgIpc) is 3.09. The number of sulfonamides is 1. The van der Waals surface area contributed by atoms with E-state index in [-0.39, 0.29) is 23.0 Å². The maximum atomic E-state index is 13.1. The van der Waals surface area contributed by atoms with Crippen LogP contribution in [0.2, 0.25) is 5.02 Å². The van der Waals surface area contributed by atoms with Crippen LogP contribution in [0.5, 0.6) is 0 Å². The molecule has 1 atom stereocenters. The third-order valence-corrected chi connectivity index (χ3v) is 6.69. The molecule has 1 aromatic heterocycles. The van der Waals surface area contributed by atoms with E-state index >= 15 is 0 Å². The number of hydrogen-bond donors (Lipinski definition) is 2. The van der Waals surface area contributed by atoms with Gasteiger partial charge in [-0.3, -0.25) is 4.72 Å². The van der Waals surface area contributed by atoms with Crippen LogP contribution in [-0.2, 0) is 15.4 Å². The van der Waals surface area contributed by atoms with Crippen molar-refractivity contribution in [1.29, 1.82) is 0 Å². The van der Waals surface area contributed by atoms with Crippen LogP contribution < -0.4 is 4.72 Å². The van der Waals surface area contributed by atoms with Crippen LogP contribution in [0.25, 0.3) is 11.4 Å². The van der Waals surface area contributed by atoms with Crippen LogP contribution in [0.15, 0.2) is 47.4 Å². The maximum absolute atomic E-state index is 13.1. The number of hydrogen-bond acceptors (Lipinski definition) is 5. The summed E-state index contributed by atoms with van der Waals surface area (Å²) in [6.07, 6.45) is 0. The number of anilines is 1. The average molecular weight is 463 g/mol. The van der Waals surface area contributed by atoms with Gasteiger partial charge in [-0.2, -0.15) is 0 Å². The van der Waals surface area contributed by atoms with Gasteiger partial charge in [0.2, 0.25) is 0 Å². The van der Waals surface area contributed by atoms with Crippen molar-refractivity contribution in [2.45, 2.75) is 51.0 Å². The number of halogens is 1. The van der Waals surface area contributed by atoms with Gasteiger partial charge in [0.05, 0.1) is 23.2 Å². The molecular weight excluding hydrogens is 436 g/mol. The van der Waals surface area contributed by atoms with E-state index in [4.69, 9.17) is 11.6 Å². The van der Waals surface area contributed by atoms with Crippen molar-refractivity contribution >= 4 is 27.3 Å². The third kappa shape index (κ3) is 4.92. The largest absolute Gasteiger partial charge is 0.394 e. The minimum Gasteiger partial charge on any atom is -0.394 e. The molecular formula is C22H27ClN4O3S. The smallest absolute Gasteiger partial charge is 0.261 e. The number of nitrogens with one attached hydrogen (secondary N) is 1. The normalized spacial score (nSPS) is 13.3. The van der Waals surface area contributed by atoms with E-state index in [1.807, 2.05) is 19.1 Å². The molecule has 0 amide bonds. The lowest BCUT2D eigenvalue weighted by atomic mass is 9.87. The Morgan fingerprint density at radius 1 is 1.13 bits per heavy atom. The summed E-state index contributed by atoms with van der Waals surface area (Å²) in [5.41, 5.74) is 1.76. The second-order valence-electron chi connectivity index (χ2n) is 8.54. The number of benzene rings is 2. The molecule has 3 rings (SSSR count). The summed E-state index contributed by atoms with van der Waals surface area (Å²) in [4.78, 5) is 0.155. The molecule has 0 saturated heterocycles. The first-order valence-corrected chi connectivity index (χ1v) is 11.8. The predicted octanol–water partition coefficient (Wildman–Crippen LogP) is 4.56. The van der Waals surface area contributed by atoms with Gasteiger partial charge in [0.25, 0.3) is 10.0 Å². The zero-order chi connectivity index (χ0) is 23.0. The fourth-order valence-corrected chi connectivity index (χ4v) is 4.54. The molecule has 0 aliphatic heterocycles. The minimum atomic E-state index is -3.85. The Bertz CT molecular complexity index is 1180. The van der Waals surface area contributed by atoms with Crippen molar-refractivity contribution in [1.82, 2.24) is 14.8 Å². The Morgan fingerprint density at radius 3 is 2.35 bits per heavy atom. The number of aryl methyl sites for hydroxylation is 1. The van der Waals surface area contributed by atoms with Crippen molar-refractivity contribution in [3.05, 3.63) is 58.9 Å². The van der Waals surface area contributed by atoms with Crippen LogP contribution in [0.3, 0.4) is 0 Å². The SMILES string of the molecule is Cc1nnc(-c2cc(Cl)ccc2NS(=O)(=O)c2ccc(C(C)(C)C)cc2)n1[C@@H](C)CO. The number of aromatic nitrogens is 3. The molecule has 0 saturated carbocycles. The van der Waals surface area contributed by atoms with E-state index in [1.54, 1.807) is 41.8 Å². The van der Waals surface area contributed by atoms with Gasteiger partial charge in [-0.15, -0.1) is 10.2 Å². The van der Waals surface area contributed by atoms with Gasteiger partial charge in [-0.1, -0.05) is 44.5 Å². The van der Waals surface area contributed by atoms with Gasteiger partial charge >= 0.3 is 0 Å². The Morgan fingerprint density at radius 2 is 1.77 bits per heavy atom. The predicted molar refractivity (Wildman–Crippen MR) is 123 cm³/mol. The van der Waals surface area contributed by atoms with E-state index < -0.39 is 10.0 Å². The van der Waals surface area contributed by atoms with Gasteiger partial charge in [0.1, 0.15) is 5.82 Å². The second-order valence-corrected chi connectivity index (χ2v) is 10.7. The van der Waals surface area contributed by atoms with E-state index in [0.717, 1.165) is 5.56 Å². The summed E-state index contributed by atoms with van der Waals surface area (Å²) < 4.78 is 30.6. The summed E-state index contributed by atoms with van der Waals surface area (Å²) >= 11 is 6.20. The lowest BCUT2D eigenvalue weighted by Gasteiger charge is -2.20. The maximum Gasteiger partial charge on any atom is 0.261 e. The third-order valence-electron chi connectivity index (χ3n) is 5.07. The highest BCUT2D eigenvalue weighted by atomic mass is 35.5. The van der Waals surface area contributed by atoms with Gasteiger partial charge in [0, 0.05) is 10.6 Å². The quantitative estimate of drug-likeness (QED) is 0.559. The monoisotopic (exact) mass is 462 g/mol. The van der Waals surface area contributed by atoms with Gasteiger partial charge < -0.3 is 9.67 Å². The van der Waals surface area contributed by atoms with E-state index in [9.17, 15) is 13.5 Å². The molecule has 0 spiro atoms. The summed E-state index contributed by atoms with van der Waals surface area (Å²) in [5, 5.41) is 18.4. The summed E-state index contributed by atoms with van der Waals surface area (Å²) in [6, 6.07) is 11.4. The lowest BCUT2D eigenvalue weighted by Crippen LogP contribution is -2.16. The number of rotatable bonds is 6. The molecule has 0 bridgehead atoms. The topological polar surface area (TPSA) is 97.1 Å². The molecule has 2 aromatic carbocycles. The van der Waals surface area contributed by atoms with Crippen molar-refractivity contribution < 1.29 is 13.5 Å². The Balaban J connectivity index is 2.04. The standard InChI is InChI=1S/C22H27ClN4O3S/c1-14(13-28)27-15(2)24-25-21(27)19-12-17(23)8-11-20(19)26-31(29,30)18-9-6-16(7-10-18)22(3,4)5/h6-12,14,26,28H,13H2,1-5H3/t14-/m0/s1. The number of aliphatic hydroxyl groups excluding tert-OH is 1. The molecule has 0 aliphatic carbocycles. The molecule has 0 aliphatic rings. The zero-order valence-corrected chi connectivity index (χ0v) is 19.8. The molecule has 9 heteroatoms. The summed E-state index contributed by atoms with van der Waals surface area (Å²) in [5.74, 6) is 1.02. The van der Waals surface area contributed by atoms with Crippen molar-refractivity contribution in [3.63, 3.8) is 0 Å². The Kier molecular flexibility index (Phi) is 6.45. The molecule has 166 valence electrons. The van der Waals surface area contributed by atoms with E-state index in [1.165, 1.54) is 0 Å². The molecule has 0 fully saturated rings.